The molecule has 8 heteroatoms. The number of ketones is 1. The van der Waals surface area contributed by atoms with Crippen molar-refractivity contribution in [3.05, 3.63) is 64.5 Å². The summed E-state index contributed by atoms with van der Waals surface area (Å²) in [5.74, 6) is 0.268. The molecule has 0 aliphatic heterocycles. The number of primary amides is 1. The van der Waals surface area contributed by atoms with Crippen LogP contribution in [0.2, 0.25) is 0 Å². The lowest BCUT2D eigenvalue weighted by Gasteiger charge is -2.27. The Balaban J connectivity index is 1.68. The maximum absolute atomic E-state index is 13.5. The summed E-state index contributed by atoms with van der Waals surface area (Å²) >= 11 is 0. The van der Waals surface area contributed by atoms with Crippen molar-refractivity contribution in [2.45, 2.75) is 51.0 Å². The number of carbonyl (C=O) groups excluding carboxylic acids is 2. The number of methoxy groups -OCH3 is 1. The second-order valence-corrected chi connectivity index (χ2v) is 8.64. The molecule has 2 aromatic heterocycles. The van der Waals surface area contributed by atoms with Crippen LogP contribution in [-0.2, 0) is 11.2 Å². The molecule has 1 saturated carbocycles. The van der Waals surface area contributed by atoms with E-state index in [2.05, 4.69) is 9.97 Å². The van der Waals surface area contributed by atoms with E-state index in [4.69, 9.17) is 10.5 Å². The van der Waals surface area contributed by atoms with Crippen LogP contribution < -0.4 is 16.0 Å². The van der Waals surface area contributed by atoms with Gasteiger partial charge in [0.2, 0.25) is 5.91 Å². The molecule has 2 N–H and O–H groups in total. The number of ether oxygens (including phenoxy) is 1. The van der Waals surface area contributed by atoms with E-state index in [-0.39, 0.29) is 23.3 Å². The molecule has 1 atom stereocenters. The zero-order chi connectivity index (χ0) is 23.4. The summed E-state index contributed by atoms with van der Waals surface area (Å²) in [6.45, 7) is 0. The largest absolute Gasteiger partial charge is 0.497 e. The Morgan fingerprint density at radius 2 is 1.94 bits per heavy atom. The average molecular weight is 449 g/mol. The lowest BCUT2D eigenvalue weighted by Crippen LogP contribution is -2.33. The number of nitrogens with two attached hydrogens (primary N) is 1. The van der Waals surface area contributed by atoms with Crippen molar-refractivity contribution in [1.29, 1.82) is 0 Å². The minimum Gasteiger partial charge on any atom is -0.497 e. The van der Waals surface area contributed by atoms with Crippen LogP contribution in [0.4, 0.5) is 0 Å². The second kappa shape index (κ2) is 9.94. The molecule has 1 amide bonds. The van der Waals surface area contributed by atoms with E-state index in [0.717, 1.165) is 25.7 Å². The highest BCUT2D eigenvalue weighted by atomic mass is 16.5. The lowest BCUT2D eigenvalue weighted by atomic mass is 9.83. The van der Waals surface area contributed by atoms with Crippen molar-refractivity contribution in [3.63, 3.8) is 0 Å². The van der Waals surface area contributed by atoms with Crippen molar-refractivity contribution >= 4 is 22.6 Å². The van der Waals surface area contributed by atoms with Crippen molar-refractivity contribution in [1.82, 2.24) is 14.5 Å². The van der Waals surface area contributed by atoms with Crippen LogP contribution in [0.15, 0.2) is 47.7 Å². The summed E-state index contributed by atoms with van der Waals surface area (Å²) in [5.41, 5.74) is 6.39. The second-order valence-electron chi connectivity index (χ2n) is 8.64. The Kier molecular flexibility index (Phi) is 6.82. The number of benzene rings is 1. The van der Waals surface area contributed by atoms with Crippen molar-refractivity contribution in [3.8, 4) is 5.75 Å². The first-order valence-corrected chi connectivity index (χ1v) is 11.3. The van der Waals surface area contributed by atoms with Gasteiger partial charge in [-0.05, 0) is 42.7 Å². The van der Waals surface area contributed by atoms with Crippen LogP contribution in [0, 0.1) is 5.92 Å². The third kappa shape index (κ3) is 5.10. The van der Waals surface area contributed by atoms with Gasteiger partial charge in [-0.25, -0.2) is 4.98 Å². The van der Waals surface area contributed by atoms with Crippen LogP contribution in [0.3, 0.4) is 0 Å². The number of nitrogens with zero attached hydrogens (tertiary/aromatic N) is 3. The van der Waals surface area contributed by atoms with Gasteiger partial charge in [-0.3, -0.25) is 23.9 Å². The van der Waals surface area contributed by atoms with E-state index in [1.54, 1.807) is 37.4 Å². The topological polar surface area (TPSA) is 117 Å². The maximum atomic E-state index is 13.5. The monoisotopic (exact) mass is 448 g/mol. The van der Waals surface area contributed by atoms with Gasteiger partial charge >= 0.3 is 0 Å². The summed E-state index contributed by atoms with van der Waals surface area (Å²) in [7, 11) is 1.54. The number of hydrogen-bond donors (Lipinski definition) is 1. The van der Waals surface area contributed by atoms with Crippen LogP contribution in [0.1, 0.15) is 60.6 Å². The van der Waals surface area contributed by atoms with Crippen LogP contribution in [0.5, 0.6) is 5.75 Å². The van der Waals surface area contributed by atoms with E-state index in [9.17, 15) is 14.4 Å². The fourth-order valence-corrected chi connectivity index (χ4v) is 4.57. The summed E-state index contributed by atoms with van der Waals surface area (Å²) in [6.07, 6.45) is 9.10. The number of carbonyl (C=O) groups is 2. The highest BCUT2D eigenvalue weighted by Crippen LogP contribution is 2.31. The molecular formula is C25H28N4O4. The Labute approximate surface area is 191 Å². The summed E-state index contributed by atoms with van der Waals surface area (Å²) in [4.78, 5) is 46.8. The van der Waals surface area contributed by atoms with E-state index < -0.39 is 11.9 Å². The first-order valence-electron chi connectivity index (χ1n) is 11.3. The highest BCUT2D eigenvalue weighted by molar-refractivity contribution is 5.92. The molecule has 3 aromatic rings. The Morgan fingerprint density at radius 1 is 1.15 bits per heavy atom. The molecule has 2 heterocycles. The molecular weight excluding hydrogens is 420 g/mol. The van der Waals surface area contributed by atoms with Gasteiger partial charge in [-0.2, -0.15) is 0 Å². The lowest BCUT2D eigenvalue weighted by molar-refractivity contribution is -0.122. The predicted molar refractivity (Wildman–Crippen MR) is 124 cm³/mol. The molecule has 172 valence electrons. The number of aromatic nitrogens is 3. The van der Waals surface area contributed by atoms with Gasteiger partial charge in [0.1, 0.15) is 5.75 Å². The number of pyridine rings is 1. The Bertz CT molecular complexity index is 1210. The smallest absolute Gasteiger partial charge is 0.261 e. The van der Waals surface area contributed by atoms with Gasteiger partial charge in [-0.15, -0.1) is 0 Å². The molecule has 4 rings (SSSR count). The summed E-state index contributed by atoms with van der Waals surface area (Å²) < 4.78 is 6.74. The third-order valence-corrected chi connectivity index (χ3v) is 6.44. The predicted octanol–water partition coefficient (Wildman–Crippen LogP) is 3.22. The molecule has 1 unspecified atom stereocenters. The molecule has 8 nitrogen and oxygen atoms in total. The van der Waals surface area contributed by atoms with Crippen molar-refractivity contribution < 1.29 is 14.3 Å². The van der Waals surface area contributed by atoms with Gasteiger partial charge < -0.3 is 10.5 Å². The molecule has 1 aliphatic carbocycles. The standard InChI is InChI=1S/C25H28N4O4/c1-33-19-9-10-21-20(13-19)25(32)29(15-28-21)22(11-16-5-3-2-4-6-16)23(30)12-18-8-7-17(14-27-18)24(26)31/h7-10,13-16,22H,2-6,11-12H2,1H3,(H2,26,31). The van der Waals surface area contributed by atoms with E-state index in [1.807, 2.05) is 0 Å². The van der Waals surface area contributed by atoms with E-state index >= 15 is 0 Å². The zero-order valence-electron chi connectivity index (χ0n) is 18.7. The Hall–Kier alpha value is -3.55. The van der Waals surface area contributed by atoms with Gasteiger partial charge in [0.05, 0.1) is 42.4 Å². The normalized spacial score (nSPS) is 15.3. The molecule has 0 bridgehead atoms. The molecule has 33 heavy (non-hydrogen) atoms. The SMILES string of the molecule is COc1ccc2ncn(C(CC3CCCCC3)C(=O)Cc3ccc(C(N)=O)cn3)c(=O)c2c1. The fraction of sp³-hybridized carbons (Fsp3) is 0.400. The van der Waals surface area contributed by atoms with E-state index in [0.29, 0.717) is 34.7 Å². The minimum absolute atomic E-state index is 0.0546. The van der Waals surface area contributed by atoms with Gasteiger partial charge in [-0.1, -0.05) is 32.1 Å². The van der Waals surface area contributed by atoms with Gasteiger partial charge in [0.25, 0.3) is 5.56 Å². The molecule has 0 radical (unpaired) electrons. The average Bonchev–Trinajstić information content (AvgIpc) is 2.84. The number of amides is 1. The zero-order valence-corrected chi connectivity index (χ0v) is 18.7. The highest BCUT2D eigenvalue weighted by Gasteiger charge is 2.27. The number of fused-ring (bicyclic) bond motifs is 1. The Morgan fingerprint density at radius 3 is 2.61 bits per heavy atom. The van der Waals surface area contributed by atoms with Crippen LogP contribution in [-0.4, -0.2) is 33.3 Å². The summed E-state index contributed by atoms with van der Waals surface area (Å²) in [6, 6.07) is 7.70. The number of rotatable bonds is 8. The fourth-order valence-electron chi connectivity index (χ4n) is 4.57. The van der Waals surface area contributed by atoms with Crippen LogP contribution in [0.25, 0.3) is 10.9 Å². The van der Waals surface area contributed by atoms with Crippen LogP contribution >= 0.6 is 0 Å². The first kappa shape index (κ1) is 22.6. The number of hydrogen-bond acceptors (Lipinski definition) is 6. The quantitative estimate of drug-likeness (QED) is 0.565. The van der Waals surface area contributed by atoms with Crippen molar-refractivity contribution in [2.75, 3.05) is 7.11 Å². The molecule has 0 saturated heterocycles. The molecule has 1 aliphatic rings. The van der Waals surface area contributed by atoms with Crippen molar-refractivity contribution in [2.24, 2.45) is 11.7 Å². The summed E-state index contributed by atoms with van der Waals surface area (Å²) in [5, 5.41) is 0.419. The minimum atomic E-state index is -0.638. The number of Topliss-reactive ketones (excluding diaryl/α,β-unsaturated/α-hetero) is 1. The molecule has 0 spiro atoms. The van der Waals surface area contributed by atoms with E-state index in [1.165, 1.54) is 23.5 Å². The molecule has 1 aromatic carbocycles. The maximum Gasteiger partial charge on any atom is 0.261 e. The van der Waals surface area contributed by atoms with Gasteiger partial charge in [0, 0.05) is 11.9 Å². The van der Waals surface area contributed by atoms with Gasteiger partial charge in [0.15, 0.2) is 5.78 Å². The third-order valence-electron chi connectivity index (χ3n) is 6.44. The molecule has 1 fully saturated rings. The first-order chi connectivity index (χ1) is 16.0.